The topological polar surface area (TPSA) is 75.9 Å². The van der Waals surface area contributed by atoms with Gasteiger partial charge in [0, 0.05) is 31.8 Å². The van der Waals surface area contributed by atoms with Gasteiger partial charge in [0.05, 0.1) is 42.6 Å². The van der Waals surface area contributed by atoms with Crippen LogP contribution in [0.3, 0.4) is 0 Å². The molecule has 2 aromatic heterocycles. The van der Waals surface area contributed by atoms with Crippen LogP contribution in [0.2, 0.25) is 0 Å². The first-order chi connectivity index (χ1) is 12.2. The number of aromatic nitrogens is 4. The Balaban J connectivity index is 1.68. The Labute approximate surface area is 148 Å². The summed E-state index contributed by atoms with van der Waals surface area (Å²) in [7, 11) is 0. The predicted molar refractivity (Wildman–Crippen MR) is 94.5 cm³/mol. The first-order valence-corrected chi connectivity index (χ1v) is 8.96. The van der Waals surface area contributed by atoms with Crippen molar-refractivity contribution in [1.82, 2.24) is 30.0 Å². The number of nitrogens with one attached hydrogen (secondary N) is 1. The average molecular weight is 342 g/mol. The van der Waals surface area contributed by atoms with Crippen LogP contribution in [0, 0.1) is 0 Å². The molecule has 1 saturated heterocycles. The van der Waals surface area contributed by atoms with Gasteiger partial charge in [-0.3, -0.25) is 24.3 Å². The van der Waals surface area contributed by atoms with Crippen molar-refractivity contribution in [3.8, 4) is 0 Å². The molecule has 0 aromatic carbocycles. The van der Waals surface area contributed by atoms with Crippen LogP contribution in [0.5, 0.6) is 0 Å². The lowest BCUT2D eigenvalue weighted by Gasteiger charge is -2.23. The summed E-state index contributed by atoms with van der Waals surface area (Å²) in [6, 6.07) is 0.277. The van der Waals surface area contributed by atoms with Crippen molar-refractivity contribution in [2.24, 2.45) is 0 Å². The highest BCUT2D eigenvalue weighted by atomic mass is 16.1. The minimum absolute atomic E-state index is 0.0567. The molecule has 1 aliphatic heterocycles. The number of carbonyl (C=O) groups excluding carboxylic acids is 1. The molecule has 0 aliphatic carbocycles. The van der Waals surface area contributed by atoms with Crippen LogP contribution in [0.1, 0.15) is 56.1 Å². The van der Waals surface area contributed by atoms with Crippen molar-refractivity contribution in [3.05, 3.63) is 41.7 Å². The molecule has 2 aromatic rings. The van der Waals surface area contributed by atoms with Crippen molar-refractivity contribution in [2.75, 3.05) is 6.54 Å². The molecule has 0 radical (unpaired) electrons. The van der Waals surface area contributed by atoms with Crippen molar-refractivity contribution in [3.63, 3.8) is 0 Å². The summed E-state index contributed by atoms with van der Waals surface area (Å²) in [6.07, 6.45) is 11.0. The van der Waals surface area contributed by atoms with E-state index in [1.54, 1.807) is 6.20 Å². The lowest BCUT2D eigenvalue weighted by atomic mass is 10.1. The molecular weight excluding hydrogens is 316 g/mol. The zero-order valence-corrected chi connectivity index (χ0v) is 15.0. The lowest BCUT2D eigenvalue weighted by molar-refractivity contribution is -0.119. The van der Waals surface area contributed by atoms with Crippen LogP contribution >= 0.6 is 0 Å². The smallest absolute Gasteiger partial charge is 0.217 e. The number of aryl methyl sites for hydroxylation is 1. The van der Waals surface area contributed by atoms with Crippen LogP contribution in [0.25, 0.3) is 0 Å². The van der Waals surface area contributed by atoms with Gasteiger partial charge < -0.3 is 5.32 Å². The Morgan fingerprint density at radius 3 is 3.04 bits per heavy atom. The van der Waals surface area contributed by atoms with Crippen LogP contribution in [0.4, 0.5) is 0 Å². The summed E-state index contributed by atoms with van der Waals surface area (Å²) in [5.41, 5.74) is 3.03. The van der Waals surface area contributed by atoms with Gasteiger partial charge in [-0.2, -0.15) is 5.10 Å². The molecule has 1 unspecified atom stereocenters. The summed E-state index contributed by atoms with van der Waals surface area (Å²) < 4.78 is 2.01. The second-order valence-corrected chi connectivity index (χ2v) is 6.59. The van der Waals surface area contributed by atoms with Gasteiger partial charge in [0.25, 0.3) is 0 Å². The highest BCUT2D eigenvalue weighted by molar-refractivity contribution is 5.72. The molecule has 134 valence electrons. The zero-order valence-electron chi connectivity index (χ0n) is 15.0. The van der Waals surface area contributed by atoms with E-state index < -0.39 is 0 Å². The summed E-state index contributed by atoms with van der Waals surface area (Å²) in [6.45, 7) is 6.99. The second kappa shape index (κ2) is 8.20. The number of amides is 1. The fourth-order valence-electron chi connectivity index (χ4n) is 3.31. The maximum absolute atomic E-state index is 11.1. The minimum Gasteiger partial charge on any atom is -0.351 e. The molecule has 1 N–H and O–H groups in total. The molecular formula is C18H26N6O. The third-order valence-electron chi connectivity index (χ3n) is 4.45. The molecule has 1 amide bonds. The van der Waals surface area contributed by atoms with Gasteiger partial charge in [-0.1, -0.05) is 6.92 Å². The van der Waals surface area contributed by atoms with Crippen molar-refractivity contribution in [1.29, 1.82) is 0 Å². The third kappa shape index (κ3) is 4.63. The molecule has 0 spiro atoms. The molecule has 7 heteroatoms. The fourth-order valence-corrected chi connectivity index (χ4v) is 3.31. The van der Waals surface area contributed by atoms with E-state index in [4.69, 9.17) is 4.98 Å². The van der Waals surface area contributed by atoms with Gasteiger partial charge in [0.15, 0.2) is 0 Å². The van der Waals surface area contributed by atoms with Crippen LogP contribution in [-0.2, 0) is 24.4 Å². The Kier molecular flexibility index (Phi) is 5.75. The monoisotopic (exact) mass is 342 g/mol. The standard InChI is InChI=1S/C18H26N6O/c1-3-6-24-13-15(8-21-24)12-23-7-4-5-18(23)17-11-19-9-16(22-17)10-20-14(2)25/h8-9,11,13,18H,3-7,10,12H2,1-2H3,(H,20,25). The summed E-state index contributed by atoms with van der Waals surface area (Å²) >= 11 is 0. The Morgan fingerprint density at radius 2 is 2.24 bits per heavy atom. The first kappa shape index (κ1) is 17.5. The molecule has 7 nitrogen and oxygen atoms in total. The van der Waals surface area contributed by atoms with Gasteiger partial charge >= 0.3 is 0 Å². The Bertz CT molecular complexity index is 713. The fraction of sp³-hybridized carbons (Fsp3) is 0.556. The summed E-state index contributed by atoms with van der Waals surface area (Å²) in [5, 5.41) is 7.20. The summed E-state index contributed by atoms with van der Waals surface area (Å²) in [5.74, 6) is -0.0567. The predicted octanol–water partition coefficient (Wildman–Crippen LogP) is 2.06. The van der Waals surface area contributed by atoms with Gasteiger partial charge in [-0.05, 0) is 25.8 Å². The van der Waals surface area contributed by atoms with E-state index >= 15 is 0 Å². The molecule has 3 rings (SSSR count). The van der Waals surface area contributed by atoms with E-state index in [1.165, 1.54) is 12.5 Å². The molecule has 1 atom stereocenters. The zero-order chi connectivity index (χ0) is 17.6. The number of likely N-dealkylation sites (tertiary alicyclic amines) is 1. The van der Waals surface area contributed by atoms with Crippen molar-refractivity contribution < 1.29 is 4.79 Å². The van der Waals surface area contributed by atoms with Crippen LogP contribution in [0.15, 0.2) is 24.8 Å². The highest BCUT2D eigenvalue weighted by Gasteiger charge is 2.27. The molecule has 1 fully saturated rings. The van der Waals surface area contributed by atoms with E-state index in [1.807, 2.05) is 17.1 Å². The Hall–Kier alpha value is -2.28. The normalized spacial score (nSPS) is 17.8. The maximum Gasteiger partial charge on any atom is 0.217 e. The number of rotatable bonds is 7. The van der Waals surface area contributed by atoms with E-state index in [0.717, 1.165) is 50.3 Å². The molecule has 25 heavy (non-hydrogen) atoms. The number of hydrogen-bond acceptors (Lipinski definition) is 5. The summed E-state index contributed by atoms with van der Waals surface area (Å²) in [4.78, 5) is 22.6. The second-order valence-electron chi connectivity index (χ2n) is 6.59. The number of carbonyl (C=O) groups is 1. The molecule has 0 bridgehead atoms. The molecule has 1 aliphatic rings. The average Bonchev–Trinajstić information content (AvgIpc) is 3.24. The van der Waals surface area contributed by atoms with Crippen LogP contribution < -0.4 is 5.32 Å². The Morgan fingerprint density at radius 1 is 1.36 bits per heavy atom. The third-order valence-corrected chi connectivity index (χ3v) is 4.45. The van der Waals surface area contributed by atoms with Crippen molar-refractivity contribution >= 4 is 5.91 Å². The van der Waals surface area contributed by atoms with Crippen LogP contribution in [-0.4, -0.2) is 37.1 Å². The SMILES string of the molecule is CCCn1cc(CN2CCCC2c2cncc(CNC(C)=O)n2)cn1. The first-order valence-electron chi connectivity index (χ1n) is 8.96. The van der Waals surface area contributed by atoms with E-state index in [9.17, 15) is 4.79 Å². The number of nitrogens with zero attached hydrogens (tertiary/aromatic N) is 5. The molecule has 3 heterocycles. The number of hydrogen-bond donors (Lipinski definition) is 1. The van der Waals surface area contributed by atoms with Gasteiger partial charge in [0.2, 0.25) is 5.91 Å². The maximum atomic E-state index is 11.1. The quantitative estimate of drug-likeness (QED) is 0.833. The van der Waals surface area contributed by atoms with E-state index in [0.29, 0.717) is 6.54 Å². The minimum atomic E-state index is -0.0567. The largest absolute Gasteiger partial charge is 0.351 e. The lowest BCUT2D eigenvalue weighted by Crippen LogP contribution is -2.24. The van der Waals surface area contributed by atoms with Gasteiger partial charge in [-0.25, -0.2) is 0 Å². The van der Waals surface area contributed by atoms with Gasteiger partial charge in [-0.15, -0.1) is 0 Å². The van der Waals surface area contributed by atoms with E-state index in [2.05, 4.69) is 33.4 Å². The van der Waals surface area contributed by atoms with E-state index in [-0.39, 0.29) is 11.9 Å². The highest BCUT2D eigenvalue weighted by Crippen LogP contribution is 2.31. The molecule has 0 saturated carbocycles. The van der Waals surface area contributed by atoms with Crippen molar-refractivity contribution in [2.45, 2.75) is 58.8 Å². The van der Waals surface area contributed by atoms with Gasteiger partial charge in [0.1, 0.15) is 0 Å².